The Labute approximate surface area is 161 Å². The van der Waals surface area contributed by atoms with E-state index in [4.69, 9.17) is 16.3 Å². The van der Waals surface area contributed by atoms with Crippen molar-refractivity contribution in [3.63, 3.8) is 0 Å². The highest BCUT2D eigenvalue weighted by Crippen LogP contribution is 2.34. The molecule has 0 saturated heterocycles. The van der Waals surface area contributed by atoms with Crippen LogP contribution in [0.1, 0.15) is 5.56 Å². The quantitative estimate of drug-likeness (QED) is 0.736. The first kappa shape index (κ1) is 19.5. The van der Waals surface area contributed by atoms with Crippen LogP contribution < -0.4 is 15.4 Å². The lowest BCUT2D eigenvalue weighted by Crippen LogP contribution is -2.28. The van der Waals surface area contributed by atoms with Crippen molar-refractivity contribution in [2.24, 2.45) is 0 Å². The normalized spacial score (nSPS) is 13.6. The number of hydrogen-bond donors (Lipinski definition) is 2. The number of esters is 1. The number of ether oxygens (including phenoxy) is 2. The summed E-state index contributed by atoms with van der Waals surface area (Å²) in [5.41, 5.74) is -0.257. The van der Waals surface area contributed by atoms with Crippen LogP contribution >= 0.6 is 11.6 Å². The molecule has 0 bridgehead atoms. The minimum atomic E-state index is -4.56. The van der Waals surface area contributed by atoms with Crippen LogP contribution in [0.2, 0.25) is 5.02 Å². The van der Waals surface area contributed by atoms with E-state index < -0.39 is 23.7 Å². The van der Waals surface area contributed by atoms with E-state index in [1.54, 1.807) is 0 Å². The third-order valence-corrected chi connectivity index (χ3v) is 3.67. The van der Waals surface area contributed by atoms with Gasteiger partial charge in [-0.1, -0.05) is 11.6 Å². The number of nitrogens with one attached hydrogen (secondary N) is 2. The van der Waals surface area contributed by atoms with Gasteiger partial charge in [0.15, 0.2) is 0 Å². The van der Waals surface area contributed by atoms with Crippen molar-refractivity contribution in [2.75, 3.05) is 11.9 Å². The monoisotopic (exact) mass is 413 g/mol. The minimum Gasteiger partial charge on any atom is -0.456 e. The molecule has 11 heteroatoms. The first-order valence-corrected chi connectivity index (χ1v) is 8.04. The molecule has 0 spiro atoms. The van der Waals surface area contributed by atoms with Crippen LogP contribution in [0.3, 0.4) is 0 Å². The van der Waals surface area contributed by atoms with Crippen molar-refractivity contribution < 1.29 is 32.2 Å². The molecule has 7 nitrogen and oxygen atoms in total. The van der Waals surface area contributed by atoms with Gasteiger partial charge in [0.05, 0.1) is 11.3 Å². The molecule has 0 fully saturated rings. The summed E-state index contributed by atoms with van der Waals surface area (Å²) in [6, 6.07) is 6.07. The van der Waals surface area contributed by atoms with Crippen molar-refractivity contribution >= 4 is 29.3 Å². The number of carbonyl (C=O) groups excluding carboxylic acids is 2. The number of alkyl halides is 3. The molecule has 1 aliphatic heterocycles. The van der Waals surface area contributed by atoms with Gasteiger partial charge >= 0.3 is 18.2 Å². The summed E-state index contributed by atoms with van der Waals surface area (Å²) >= 11 is 5.78. The standard InChI is InChI=1S/C17H11ClF3N3O4/c18-13-5-9(17(19,20)21)7-22-15(13)28-12-3-1-10(2-4-12)23-16(26)24-11-6-14(25)27-8-11/h1-7H,8H2,(H2,23,24,26). The Morgan fingerprint density at radius 1 is 1.21 bits per heavy atom. The lowest BCUT2D eigenvalue weighted by Gasteiger charge is -2.11. The van der Waals surface area contributed by atoms with Crippen molar-refractivity contribution in [1.82, 2.24) is 10.3 Å². The molecule has 0 unspecified atom stereocenters. The lowest BCUT2D eigenvalue weighted by atomic mass is 10.3. The molecule has 0 saturated carbocycles. The van der Waals surface area contributed by atoms with Crippen LogP contribution in [-0.4, -0.2) is 23.6 Å². The van der Waals surface area contributed by atoms with Gasteiger partial charge in [-0.25, -0.2) is 14.6 Å². The Hall–Kier alpha value is -3.27. The summed E-state index contributed by atoms with van der Waals surface area (Å²) in [7, 11) is 0. The largest absolute Gasteiger partial charge is 0.456 e. The molecule has 2 heterocycles. The van der Waals surface area contributed by atoms with Crippen LogP contribution in [0, 0.1) is 0 Å². The van der Waals surface area contributed by atoms with Gasteiger partial charge < -0.3 is 20.1 Å². The number of aromatic nitrogens is 1. The zero-order valence-electron chi connectivity index (χ0n) is 13.8. The van der Waals surface area contributed by atoms with Gasteiger partial charge in [-0.3, -0.25) is 0 Å². The highest BCUT2D eigenvalue weighted by atomic mass is 35.5. The Morgan fingerprint density at radius 2 is 1.93 bits per heavy atom. The summed E-state index contributed by atoms with van der Waals surface area (Å²) in [6.45, 7) is -0.0140. The van der Waals surface area contributed by atoms with Crippen LogP contribution in [0.25, 0.3) is 0 Å². The molecule has 2 N–H and O–H groups in total. The van der Waals surface area contributed by atoms with Gasteiger partial charge in [-0.15, -0.1) is 0 Å². The maximum absolute atomic E-state index is 12.6. The molecule has 2 amide bonds. The van der Waals surface area contributed by atoms with E-state index >= 15 is 0 Å². The molecule has 1 aliphatic rings. The molecule has 0 radical (unpaired) electrons. The number of hydrogen-bond acceptors (Lipinski definition) is 5. The molecule has 0 atom stereocenters. The highest BCUT2D eigenvalue weighted by Gasteiger charge is 2.31. The number of anilines is 1. The summed E-state index contributed by atoms with van der Waals surface area (Å²) in [5, 5.41) is 4.69. The second-order valence-corrected chi connectivity index (χ2v) is 5.90. The van der Waals surface area contributed by atoms with Gasteiger partial charge in [-0.05, 0) is 30.3 Å². The number of halogens is 4. The SMILES string of the molecule is O=C(NC1=CC(=O)OC1)Nc1ccc(Oc2ncc(C(F)(F)F)cc2Cl)cc1. The number of carbonyl (C=O) groups is 2. The third kappa shape index (κ3) is 4.92. The first-order chi connectivity index (χ1) is 13.2. The number of cyclic esters (lactones) is 1. The van der Waals surface area contributed by atoms with E-state index in [1.165, 1.54) is 24.3 Å². The fourth-order valence-corrected chi connectivity index (χ4v) is 2.33. The number of pyridine rings is 1. The number of amides is 2. The number of rotatable bonds is 4. The highest BCUT2D eigenvalue weighted by molar-refractivity contribution is 6.31. The van der Waals surface area contributed by atoms with E-state index in [1.807, 2.05) is 0 Å². The Kier molecular flexibility index (Phi) is 5.41. The topological polar surface area (TPSA) is 89.6 Å². The number of nitrogens with zero attached hydrogens (tertiary/aromatic N) is 1. The molecule has 28 heavy (non-hydrogen) atoms. The molecule has 3 rings (SSSR count). The molecule has 2 aromatic rings. The average molecular weight is 414 g/mol. The first-order valence-electron chi connectivity index (χ1n) is 7.67. The van der Waals surface area contributed by atoms with Gasteiger partial charge in [0, 0.05) is 18.0 Å². The van der Waals surface area contributed by atoms with Crippen LogP contribution in [0.4, 0.5) is 23.7 Å². The van der Waals surface area contributed by atoms with Gasteiger partial charge in [0.2, 0.25) is 5.88 Å². The Morgan fingerprint density at radius 3 is 2.50 bits per heavy atom. The fraction of sp³-hybridized carbons (Fsp3) is 0.118. The maximum Gasteiger partial charge on any atom is 0.417 e. The zero-order chi connectivity index (χ0) is 20.3. The molecular weight excluding hydrogens is 403 g/mol. The Bertz CT molecular complexity index is 946. The van der Waals surface area contributed by atoms with Gasteiger partial charge in [0.25, 0.3) is 0 Å². The summed E-state index contributed by atoms with van der Waals surface area (Å²) < 4.78 is 47.9. The summed E-state index contributed by atoms with van der Waals surface area (Å²) in [4.78, 5) is 26.3. The summed E-state index contributed by atoms with van der Waals surface area (Å²) in [5.74, 6) is -0.476. The number of benzene rings is 1. The van der Waals surface area contributed by atoms with E-state index in [0.29, 0.717) is 17.6 Å². The van der Waals surface area contributed by atoms with E-state index in [-0.39, 0.29) is 23.3 Å². The van der Waals surface area contributed by atoms with Crippen LogP contribution in [0.15, 0.2) is 48.3 Å². The second kappa shape index (κ2) is 7.77. The molecule has 1 aromatic heterocycles. The average Bonchev–Trinajstić information content (AvgIpc) is 3.02. The van der Waals surface area contributed by atoms with Gasteiger partial charge in [-0.2, -0.15) is 13.2 Å². The lowest BCUT2D eigenvalue weighted by molar-refractivity contribution is -0.138. The van der Waals surface area contributed by atoms with Crippen molar-refractivity contribution in [1.29, 1.82) is 0 Å². The van der Waals surface area contributed by atoms with Crippen LogP contribution in [0.5, 0.6) is 11.6 Å². The molecular formula is C17H11ClF3N3O4. The van der Waals surface area contributed by atoms with Crippen molar-refractivity contribution in [2.45, 2.75) is 6.18 Å². The van der Waals surface area contributed by atoms with Gasteiger partial charge in [0.1, 0.15) is 17.4 Å². The molecule has 0 aliphatic carbocycles. The van der Waals surface area contributed by atoms with E-state index in [9.17, 15) is 22.8 Å². The molecule has 146 valence electrons. The number of urea groups is 1. The predicted octanol–water partition coefficient (Wildman–Crippen LogP) is 4.11. The van der Waals surface area contributed by atoms with Crippen molar-refractivity contribution in [3.8, 4) is 11.6 Å². The summed E-state index contributed by atoms with van der Waals surface area (Å²) in [6.07, 6.45) is -2.78. The zero-order valence-corrected chi connectivity index (χ0v) is 14.6. The minimum absolute atomic E-state index is 0.0140. The van der Waals surface area contributed by atoms with Crippen molar-refractivity contribution in [3.05, 3.63) is 58.9 Å². The van der Waals surface area contributed by atoms with Crippen LogP contribution in [-0.2, 0) is 15.7 Å². The Balaban J connectivity index is 1.61. The van der Waals surface area contributed by atoms with E-state index in [0.717, 1.165) is 12.1 Å². The molecule has 1 aromatic carbocycles. The fourth-order valence-electron chi connectivity index (χ4n) is 2.13. The van der Waals surface area contributed by atoms with E-state index in [2.05, 4.69) is 20.4 Å². The smallest absolute Gasteiger partial charge is 0.417 e. The predicted molar refractivity (Wildman–Crippen MR) is 92.0 cm³/mol. The second-order valence-electron chi connectivity index (χ2n) is 5.49. The third-order valence-electron chi connectivity index (χ3n) is 3.40. The maximum atomic E-state index is 12.6.